The molecule has 9 N–H and O–H groups in total. The number of allylic oxidation sites excluding steroid dienone is 4. The predicted molar refractivity (Wildman–Crippen MR) is 257 cm³/mol. The zero-order valence-corrected chi connectivity index (χ0v) is 39.0. The molecule has 2 saturated carbocycles. The molecule has 64 heavy (non-hydrogen) atoms. The molecule has 358 valence electrons. The van der Waals surface area contributed by atoms with E-state index in [0.29, 0.717) is 57.9 Å². The van der Waals surface area contributed by atoms with Gasteiger partial charge in [-0.1, -0.05) is 116 Å². The predicted octanol–water partition coefficient (Wildman–Crippen LogP) is 7.07. The Bertz CT molecular complexity index is 1630. The highest BCUT2D eigenvalue weighted by atomic mass is 16.5. The van der Waals surface area contributed by atoms with Gasteiger partial charge in [0.25, 0.3) is 0 Å². The van der Waals surface area contributed by atoms with Crippen molar-refractivity contribution in [2.45, 2.75) is 160 Å². The SMILES string of the molecule is CC(C)OC(=O)CCC/C=C\C[C@H]1[C@@H](O)CC(O)[C@@H]1/C=C/C(O)CCc1ccccc1.CCN.CCNC(=O)CCC/C=C\C[C@H]1[C@@H](O)CC(O)[C@@H]1/C=C/C(O)CCc1ccccc1. The summed E-state index contributed by atoms with van der Waals surface area (Å²) in [6.45, 7) is 8.90. The molecule has 2 fully saturated rings. The monoisotopic (exact) mass is 891 g/mol. The lowest BCUT2D eigenvalue weighted by Gasteiger charge is -2.19. The molecule has 10 atom stereocenters. The summed E-state index contributed by atoms with van der Waals surface area (Å²) in [5.41, 5.74) is 7.23. The van der Waals surface area contributed by atoms with Crippen molar-refractivity contribution in [1.82, 2.24) is 5.32 Å². The zero-order chi connectivity index (χ0) is 47.1. The van der Waals surface area contributed by atoms with Gasteiger partial charge in [-0.05, 0) is 114 Å². The van der Waals surface area contributed by atoms with Crippen LogP contribution >= 0.6 is 0 Å². The molecule has 0 heterocycles. The van der Waals surface area contributed by atoms with E-state index in [2.05, 4.69) is 5.32 Å². The van der Waals surface area contributed by atoms with E-state index in [9.17, 15) is 40.2 Å². The lowest BCUT2D eigenvalue weighted by molar-refractivity contribution is -0.147. The Hall–Kier alpha value is -3.94. The third-order valence-electron chi connectivity index (χ3n) is 11.5. The van der Waals surface area contributed by atoms with E-state index < -0.39 is 36.6 Å². The van der Waals surface area contributed by atoms with Crippen LogP contribution in [0.4, 0.5) is 0 Å². The van der Waals surface area contributed by atoms with E-state index >= 15 is 0 Å². The minimum absolute atomic E-state index is 0.0581. The highest BCUT2D eigenvalue weighted by molar-refractivity contribution is 5.75. The fourth-order valence-corrected chi connectivity index (χ4v) is 8.13. The van der Waals surface area contributed by atoms with E-state index in [1.807, 2.05) is 125 Å². The van der Waals surface area contributed by atoms with Crippen molar-refractivity contribution in [3.8, 4) is 0 Å². The molecular formula is C53H82N2O9. The zero-order valence-electron chi connectivity index (χ0n) is 39.0. The van der Waals surface area contributed by atoms with Gasteiger partial charge in [0.2, 0.25) is 5.91 Å². The van der Waals surface area contributed by atoms with Crippen molar-refractivity contribution in [2.75, 3.05) is 13.1 Å². The molecule has 0 aliphatic heterocycles. The molecule has 0 aromatic heterocycles. The number of unbranched alkanes of at least 4 members (excludes halogenated alkanes) is 2. The van der Waals surface area contributed by atoms with Crippen molar-refractivity contribution >= 4 is 11.9 Å². The summed E-state index contributed by atoms with van der Waals surface area (Å²) >= 11 is 0. The number of carbonyl (C=O) groups excluding carboxylic acids is 2. The topological polar surface area (TPSA) is 203 Å². The second-order valence-corrected chi connectivity index (χ2v) is 17.3. The molecule has 4 unspecified atom stereocenters. The number of aryl methyl sites for hydroxylation is 2. The summed E-state index contributed by atoms with van der Waals surface area (Å²) in [6.07, 6.45) is 20.8. The molecule has 11 heteroatoms. The summed E-state index contributed by atoms with van der Waals surface area (Å²) in [4.78, 5) is 23.0. The van der Waals surface area contributed by atoms with Gasteiger partial charge in [0.05, 0.1) is 42.7 Å². The van der Waals surface area contributed by atoms with Crippen LogP contribution in [0.1, 0.15) is 116 Å². The van der Waals surface area contributed by atoms with Crippen molar-refractivity contribution in [2.24, 2.45) is 29.4 Å². The van der Waals surface area contributed by atoms with E-state index in [1.165, 1.54) is 11.1 Å². The van der Waals surface area contributed by atoms with Crippen LogP contribution in [0.25, 0.3) is 0 Å². The molecule has 2 aromatic rings. The van der Waals surface area contributed by atoms with E-state index in [0.717, 1.165) is 45.1 Å². The van der Waals surface area contributed by atoms with Crippen LogP contribution in [0.3, 0.4) is 0 Å². The van der Waals surface area contributed by atoms with E-state index in [1.54, 1.807) is 12.2 Å². The first-order valence-electron chi connectivity index (χ1n) is 23.8. The lowest BCUT2D eigenvalue weighted by Crippen LogP contribution is -2.21. The van der Waals surface area contributed by atoms with Gasteiger partial charge in [-0.2, -0.15) is 0 Å². The Morgan fingerprint density at radius 3 is 1.52 bits per heavy atom. The third kappa shape index (κ3) is 23.8. The van der Waals surface area contributed by atoms with Crippen LogP contribution in [0.15, 0.2) is 109 Å². The highest BCUT2D eigenvalue weighted by Gasteiger charge is 2.40. The molecule has 0 spiro atoms. The molecule has 0 saturated heterocycles. The fraction of sp³-hybridized carbons (Fsp3) is 0.585. The van der Waals surface area contributed by atoms with Crippen LogP contribution in [0, 0.1) is 23.7 Å². The first kappa shape index (κ1) is 56.2. The van der Waals surface area contributed by atoms with Crippen LogP contribution in [0.2, 0.25) is 0 Å². The maximum atomic E-state index is 11.5. The summed E-state index contributed by atoms with van der Waals surface area (Å²) in [5.74, 6) is -0.560. The Morgan fingerprint density at radius 2 is 1.11 bits per heavy atom. The van der Waals surface area contributed by atoms with Crippen molar-refractivity contribution in [3.63, 3.8) is 0 Å². The second-order valence-electron chi connectivity index (χ2n) is 17.3. The van der Waals surface area contributed by atoms with Crippen molar-refractivity contribution in [3.05, 3.63) is 120 Å². The quantitative estimate of drug-likeness (QED) is 0.0306. The Balaban J connectivity index is 0.000000415. The van der Waals surface area contributed by atoms with Crippen LogP contribution < -0.4 is 11.1 Å². The number of rotatable bonds is 24. The number of aliphatic hydroxyl groups excluding tert-OH is 6. The Kier molecular flexibility index (Phi) is 29.4. The van der Waals surface area contributed by atoms with Crippen LogP contribution in [0.5, 0.6) is 0 Å². The maximum Gasteiger partial charge on any atom is 0.306 e. The Morgan fingerprint density at radius 1 is 0.688 bits per heavy atom. The molecule has 11 nitrogen and oxygen atoms in total. The number of amides is 1. The first-order chi connectivity index (χ1) is 30.8. The lowest BCUT2D eigenvalue weighted by atomic mass is 9.89. The van der Waals surface area contributed by atoms with Gasteiger partial charge in [-0.3, -0.25) is 9.59 Å². The maximum absolute atomic E-state index is 11.5. The smallest absolute Gasteiger partial charge is 0.306 e. The normalized spacial score (nSPS) is 24.2. The van der Waals surface area contributed by atoms with Gasteiger partial charge in [-0.25, -0.2) is 0 Å². The van der Waals surface area contributed by atoms with Gasteiger partial charge >= 0.3 is 5.97 Å². The minimum Gasteiger partial charge on any atom is -0.463 e. The number of benzene rings is 2. The first-order valence-corrected chi connectivity index (χ1v) is 23.8. The number of nitrogens with two attached hydrogens (primary N) is 1. The molecule has 4 rings (SSSR count). The number of hydrogen-bond donors (Lipinski definition) is 8. The summed E-state index contributed by atoms with van der Waals surface area (Å²) in [5, 5.41) is 64.8. The Labute approximate surface area is 384 Å². The van der Waals surface area contributed by atoms with E-state index in [-0.39, 0.29) is 41.7 Å². The number of ether oxygens (including phenoxy) is 1. The van der Waals surface area contributed by atoms with Gasteiger partial charge in [-0.15, -0.1) is 0 Å². The largest absolute Gasteiger partial charge is 0.463 e. The van der Waals surface area contributed by atoms with Gasteiger partial charge in [0.1, 0.15) is 0 Å². The van der Waals surface area contributed by atoms with Crippen LogP contribution in [-0.4, -0.2) is 98.3 Å². The summed E-state index contributed by atoms with van der Waals surface area (Å²) < 4.78 is 5.11. The molecule has 0 bridgehead atoms. The fourth-order valence-electron chi connectivity index (χ4n) is 8.13. The third-order valence-corrected chi connectivity index (χ3v) is 11.5. The summed E-state index contributed by atoms with van der Waals surface area (Å²) in [7, 11) is 0. The van der Waals surface area contributed by atoms with Crippen molar-refractivity contribution in [1.29, 1.82) is 0 Å². The van der Waals surface area contributed by atoms with Gasteiger partial charge < -0.3 is 46.4 Å². The molecule has 2 aromatic carbocycles. The number of esters is 1. The highest BCUT2D eigenvalue weighted by Crippen LogP contribution is 2.37. The van der Waals surface area contributed by atoms with Gasteiger partial charge in [0, 0.05) is 44.1 Å². The van der Waals surface area contributed by atoms with E-state index in [4.69, 9.17) is 10.5 Å². The van der Waals surface area contributed by atoms with Gasteiger partial charge in [0.15, 0.2) is 0 Å². The average molecular weight is 891 g/mol. The molecule has 2 aliphatic rings. The average Bonchev–Trinajstić information content (AvgIpc) is 3.70. The molecule has 2 aliphatic carbocycles. The second kappa shape index (κ2) is 33.5. The standard InChI is InChI=1S/C26H38O5.C25H37NO4.C2H7N/c1-19(2)31-26(30)13-9-4-3-8-12-22-23(25(29)18-24(22)28)17-16-21(27)15-14-20-10-6-5-7-11-20;1-2-26-25(30)13-9-4-3-8-12-21-22(24(29)18-23(21)28)17-16-20(27)15-14-19-10-6-5-7-11-19;1-2-3/h3,5-8,10-11,16-17,19,21-25,27-29H,4,9,12-15,18H2,1-2H3;3,5-8,10-11,16-17,20-24,27-29H,2,4,9,12-15,18H2,1H3,(H,26,30);2-3H2,1H3/b2*8-3-,17-16+;/t21?,22-,23-,24+,25?;20?,21-,22-,23+,24?;/m11./s1. The van der Waals surface area contributed by atoms with Crippen LogP contribution in [-0.2, 0) is 27.2 Å². The molecule has 1 amide bonds. The number of nitrogens with one attached hydrogen (secondary N) is 1. The number of carbonyl (C=O) groups is 2. The van der Waals surface area contributed by atoms with Crippen molar-refractivity contribution < 1.29 is 45.0 Å². The molecular weight excluding hydrogens is 809 g/mol. The number of aliphatic hydroxyl groups is 6. The summed E-state index contributed by atoms with van der Waals surface area (Å²) in [6, 6.07) is 20.1. The molecule has 0 radical (unpaired) electrons. The number of hydrogen-bond acceptors (Lipinski definition) is 10. The minimum atomic E-state index is -0.600.